The first kappa shape index (κ1) is 27.5. The van der Waals surface area contributed by atoms with Crippen molar-refractivity contribution in [3.63, 3.8) is 0 Å². The molecule has 1 heterocycles. The highest BCUT2D eigenvalue weighted by atomic mass is 16.6. The Balaban J connectivity index is 1.84. The van der Waals surface area contributed by atoms with Gasteiger partial charge in [0.1, 0.15) is 11.7 Å². The number of aliphatic hydroxyl groups is 3. The predicted octanol–water partition coefficient (Wildman–Crippen LogP) is 2.55. The number of fused-ring (bicyclic) bond motifs is 5. The fraction of sp³-hybridized carbons (Fsp3) is 0.667. The molecule has 1 aliphatic heterocycles. The summed E-state index contributed by atoms with van der Waals surface area (Å²) in [5.41, 5.74) is -5.11. The van der Waals surface area contributed by atoms with Crippen molar-refractivity contribution in [2.75, 3.05) is 7.05 Å². The fourth-order valence-corrected chi connectivity index (χ4v) is 8.69. The van der Waals surface area contributed by atoms with E-state index in [2.05, 4.69) is 5.32 Å². The van der Waals surface area contributed by atoms with Gasteiger partial charge in [-0.25, -0.2) is 4.79 Å². The number of carbonyl (C=O) groups is 2. The average molecular weight is 528 g/mol. The number of rotatable bonds is 3. The number of allylic oxidation sites excluding steroid dienone is 1. The summed E-state index contributed by atoms with van der Waals surface area (Å²) in [5, 5.41) is 39.6. The van der Waals surface area contributed by atoms with Crippen molar-refractivity contribution < 1.29 is 34.4 Å². The Kier molecular flexibility index (Phi) is 6.11. The van der Waals surface area contributed by atoms with Crippen molar-refractivity contribution in [3.8, 4) is 0 Å². The highest BCUT2D eigenvalue weighted by Gasteiger charge is 2.80. The van der Waals surface area contributed by atoms with Crippen LogP contribution in [-0.4, -0.2) is 75.3 Å². The van der Waals surface area contributed by atoms with Gasteiger partial charge in [-0.2, -0.15) is 0 Å². The van der Waals surface area contributed by atoms with Gasteiger partial charge in [0.2, 0.25) is 0 Å². The molecule has 5 rings (SSSR count). The first-order valence-corrected chi connectivity index (χ1v) is 13.6. The van der Waals surface area contributed by atoms with Gasteiger partial charge < -0.3 is 30.1 Å². The third kappa shape index (κ3) is 3.15. The van der Waals surface area contributed by atoms with Gasteiger partial charge in [0.15, 0.2) is 11.9 Å². The fourth-order valence-electron chi connectivity index (χ4n) is 8.69. The summed E-state index contributed by atoms with van der Waals surface area (Å²) >= 11 is 0. The first-order chi connectivity index (χ1) is 17.6. The average Bonchev–Trinajstić information content (AvgIpc) is 2.86. The van der Waals surface area contributed by atoms with Crippen LogP contribution in [-0.2, 0) is 14.3 Å². The van der Waals surface area contributed by atoms with Crippen LogP contribution in [0.3, 0.4) is 0 Å². The van der Waals surface area contributed by atoms with E-state index in [-0.39, 0.29) is 12.8 Å². The number of hydrogen-bond acceptors (Lipinski definition) is 8. The number of aliphatic hydroxyl groups excluding tert-OH is 2. The lowest BCUT2D eigenvalue weighted by molar-refractivity contribution is -0.343. The van der Waals surface area contributed by atoms with Crippen LogP contribution in [0.5, 0.6) is 0 Å². The standard InChI is InChI=1S/C30H41NO7/c1-16-13-14-29(36)25(37-24(35)17-11-9-8-10-12-17)30(31-7)22-18(38-27(22,4)5)15-19(32)28(30,6)23(34)21(33)20(16)26(29,2)3/h8-12,18-19,21-22,25,31-33,36H,13-15H2,1-7H3/t18-,19+,21-,22?,25-,28+,29-,30-/m1/s1. The molecule has 8 nitrogen and oxygen atoms in total. The van der Waals surface area contributed by atoms with Crippen LogP contribution in [0.15, 0.2) is 41.5 Å². The van der Waals surface area contributed by atoms with E-state index in [1.165, 1.54) is 0 Å². The Morgan fingerprint density at radius 2 is 1.74 bits per heavy atom. The zero-order valence-corrected chi connectivity index (χ0v) is 23.4. The molecule has 4 aliphatic rings. The summed E-state index contributed by atoms with van der Waals surface area (Å²) in [7, 11) is 1.67. The number of likely N-dealkylation sites (N-methyl/N-ethyl adjacent to an activating group) is 1. The lowest BCUT2D eigenvalue weighted by atomic mass is 9.40. The maximum absolute atomic E-state index is 14.5. The van der Waals surface area contributed by atoms with E-state index in [0.29, 0.717) is 17.6 Å². The molecular formula is C30H41NO7. The highest BCUT2D eigenvalue weighted by Crippen LogP contribution is 2.66. The van der Waals surface area contributed by atoms with Gasteiger partial charge in [-0.1, -0.05) is 37.6 Å². The largest absolute Gasteiger partial charge is 0.454 e. The Morgan fingerprint density at radius 1 is 1.11 bits per heavy atom. The summed E-state index contributed by atoms with van der Waals surface area (Å²) in [5.74, 6) is -1.60. The zero-order chi connectivity index (χ0) is 28.1. The molecule has 3 aliphatic carbocycles. The second-order valence-corrected chi connectivity index (χ2v) is 13.0. The molecular weight excluding hydrogens is 486 g/mol. The molecule has 208 valence electrons. The summed E-state index contributed by atoms with van der Waals surface area (Å²) in [6, 6.07) is 8.56. The SMILES string of the molecule is CN[C@@]12C3[C@@H](C[C@H](O)[C@@]1(C)C(=O)[C@H](O)C1=C(C)CC[C@@](O)([C@H]2OC(=O)c2ccccc2)C1(C)C)OC3(C)C. The maximum Gasteiger partial charge on any atom is 0.338 e. The van der Waals surface area contributed by atoms with Crippen LogP contribution in [0, 0.1) is 16.7 Å². The van der Waals surface area contributed by atoms with Crippen molar-refractivity contribution in [2.24, 2.45) is 16.7 Å². The summed E-state index contributed by atoms with van der Waals surface area (Å²) in [6.45, 7) is 10.9. The van der Waals surface area contributed by atoms with E-state index in [1.54, 1.807) is 58.2 Å². The van der Waals surface area contributed by atoms with Gasteiger partial charge in [-0.05, 0) is 65.3 Å². The highest BCUT2D eigenvalue weighted by molar-refractivity contribution is 5.95. The molecule has 1 aromatic carbocycles. The van der Waals surface area contributed by atoms with Crippen molar-refractivity contribution in [2.45, 2.75) is 102 Å². The van der Waals surface area contributed by atoms with Gasteiger partial charge >= 0.3 is 5.97 Å². The number of nitrogens with one attached hydrogen (secondary N) is 1. The summed E-state index contributed by atoms with van der Waals surface area (Å²) in [4.78, 5) is 28.2. The molecule has 38 heavy (non-hydrogen) atoms. The van der Waals surface area contributed by atoms with Gasteiger partial charge in [0.25, 0.3) is 0 Å². The van der Waals surface area contributed by atoms with Crippen LogP contribution in [0.2, 0.25) is 0 Å². The van der Waals surface area contributed by atoms with E-state index in [9.17, 15) is 24.9 Å². The molecule has 3 fully saturated rings. The number of esters is 1. The van der Waals surface area contributed by atoms with Crippen molar-refractivity contribution in [1.82, 2.24) is 5.32 Å². The molecule has 2 bridgehead atoms. The van der Waals surface area contributed by atoms with Crippen LogP contribution in [0.25, 0.3) is 0 Å². The number of Topliss-reactive ketones (excluding diaryl/α,β-unsaturated/α-hetero) is 1. The quantitative estimate of drug-likeness (QED) is 0.349. The topological polar surface area (TPSA) is 125 Å². The number of benzene rings is 1. The maximum atomic E-state index is 14.5. The molecule has 4 N–H and O–H groups in total. The molecule has 2 saturated carbocycles. The monoisotopic (exact) mass is 527 g/mol. The lowest BCUT2D eigenvalue weighted by Gasteiger charge is -2.73. The molecule has 0 aromatic heterocycles. The molecule has 0 amide bonds. The zero-order valence-electron chi connectivity index (χ0n) is 23.4. The Morgan fingerprint density at radius 3 is 2.32 bits per heavy atom. The van der Waals surface area contributed by atoms with Crippen molar-refractivity contribution in [1.29, 1.82) is 0 Å². The third-order valence-corrected chi connectivity index (χ3v) is 10.7. The molecule has 0 spiro atoms. The van der Waals surface area contributed by atoms with E-state index >= 15 is 0 Å². The number of ketones is 1. The van der Waals surface area contributed by atoms with E-state index < -0.39 is 69.7 Å². The Hall–Kier alpha value is -2.10. The lowest BCUT2D eigenvalue weighted by Crippen LogP contribution is -2.89. The van der Waals surface area contributed by atoms with Crippen molar-refractivity contribution >= 4 is 11.8 Å². The van der Waals surface area contributed by atoms with Crippen LogP contribution >= 0.6 is 0 Å². The Labute approximate surface area is 224 Å². The normalized spacial score (nSPS) is 43.2. The van der Waals surface area contributed by atoms with E-state index in [4.69, 9.17) is 9.47 Å². The minimum atomic E-state index is -1.69. The van der Waals surface area contributed by atoms with Crippen LogP contribution in [0.1, 0.15) is 71.2 Å². The van der Waals surface area contributed by atoms with Gasteiger partial charge in [-0.3, -0.25) is 4.79 Å². The second kappa shape index (κ2) is 8.45. The second-order valence-electron chi connectivity index (χ2n) is 13.0. The van der Waals surface area contributed by atoms with E-state index in [1.807, 2.05) is 20.8 Å². The molecule has 8 atom stereocenters. The predicted molar refractivity (Wildman–Crippen MR) is 140 cm³/mol. The molecule has 1 unspecified atom stereocenters. The summed E-state index contributed by atoms with van der Waals surface area (Å²) < 4.78 is 12.6. The first-order valence-electron chi connectivity index (χ1n) is 13.6. The van der Waals surface area contributed by atoms with Crippen LogP contribution < -0.4 is 5.32 Å². The van der Waals surface area contributed by atoms with Crippen LogP contribution in [0.4, 0.5) is 0 Å². The van der Waals surface area contributed by atoms with Gasteiger partial charge in [-0.15, -0.1) is 0 Å². The smallest absolute Gasteiger partial charge is 0.338 e. The molecule has 8 heteroatoms. The molecule has 1 aromatic rings. The number of ether oxygens (including phenoxy) is 2. The minimum Gasteiger partial charge on any atom is -0.454 e. The summed E-state index contributed by atoms with van der Waals surface area (Å²) in [6.07, 6.45) is -3.60. The number of carbonyl (C=O) groups excluding carboxylic acids is 2. The number of hydrogen-bond donors (Lipinski definition) is 4. The van der Waals surface area contributed by atoms with E-state index in [0.717, 1.165) is 5.57 Å². The molecule has 1 saturated heterocycles. The van der Waals surface area contributed by atoms with Crippen molar-refractivity contribution in [3.05, 3.63) is 47.0 Å². The molecule has 0 radical (unpaired) electrons. The minimum absolute atomic E-state index is 0.186. The third-order valence-electron chi connectivity index (χ3n) is 10.7. The Bertz CT molecular complexity index is 1190. The van der Waals surface area contributed by atoms with Gasteiger partial charge in [0, 0.05) is 17.8 Å². The van der Waals surface area contributed by atoms with Gasteiger partial charge in [0.05, 0.1) is 34.3 Å².